The van der Waals surface area contributed by atoms with Crippen LogP contribution >= 0.6 is 23.1 Å². The van der Waals surface area contributed by atoms with Gasteiger partial charge in [-0.05, 0) is 36.1 Å². The van der Waals surface area contributed by atoms with E-state index in [1.54, 1.807) is 30.4 Å². The number of ether oxygens (including phenoxy) is 1. The molecule has 1 amide bonds. The van der Waals surface area contributed by atoms with E-state index in [4.69, 9.17) is 4.74 Å². The van der Waals surface area contributed by atoms with Gasteiger partial charge in [0, 0.05) is 6.42 Å². The summed E-state index contributed by atoms with van der Waals surface area (Å²) in [4.78, 5) is 25.2. The number of carbonyl (C=O) groups is 2. The minimum atomic E-state index is -0.338. The standard InChI is InChI=1S/C19H19FN2O3S2/c1-2-25-19(24)12-26-11-18(23)22-16(13-5-7-14(20)8-6-13)10-15(21-22)17-4-3-9-27-17/h3-9,16H,2,10-12H2,1H3/t16-/m0/s1. The molecule has 5 nitrogen and oxygen atoms in total. The van der Waals surface area contributed by atoms with Gasteiger partial charge in [-0.3, -0.25) is 9.59 Å². The van der Waals surface area contributed by atoms with Crippen molar-refractivity contribution in [2.45, 2.75) is 19.4 Å². The van der Waals surface area contributed by atoms with Crippen LogP contribution in [0.3, 0.4) is 0 Å². The van der Waals surface area contributed by atoms with Crippen LogP contribution in [0.2, 0.25) is 0 Å². The minimum absolute atomic E-state index is 0.121. The number of hydrazone groups is 1. The first kappa shape index (κ1) is 19.6. The van der Waals surface area contributed by atoms with Gasteiger partial charge in [0.2, 0.25) is 0 Å². The molecular formula is C19H19FN2O3S2. The van der Waals surface area contributed by atoms with Crippen molar-refractivity contribution in [3.8, 4) is 0 Å². The molecule has 0 bridgehead atoms. The first-order valence-corrected chi connectivity index (χ1v) is 10.5. The summed E-state index contributed by atoms with van der Waals surface area (Å²) < 4.78 is 18.2. The Labute approximate surface area is 165 Å². The Hall–Kier alpha value is -2.19. The Bertz CT molecular complexity index is 822. The quantitative estimate of drug-likeness (QED) is 0.655. The summed E-state index contributed by atoms with van der Waals surface area (Å²) in [7, 11) is 0. The molecular weight excluding hydrogens is 387 g/mol. The lowest BCUT2D eigenvalue weighted by Gasteiger charge is -2.22. The van der Waals surface area contributed by atoms with Crippen LogP contribution in [0.1, 0.15) is 29.8 Å². The highest BCUT2D eigenvalue weighted by atomic mass is 32.2. The number of rotatable bonds is 7. The third-order valence-electron chi connectivity index (χ3n) is 3.98. The molecule has 1 aromatic carbocycles. The van der Waals surface area contributed by atoms with Gasteiger partial charge in [-0.15, -0.1) is 23.1 Å². The molecule has 0 aliphatic carbocycles. The fourth-order valence-corrected chi connectivity index (χ4v) is 4.15. The van der Waals surface area contributed by atoms with Gasteiger partial charge in [0.15, 0.2) is 0 Å². The molecule has 1 aliphatic heterocycles. The number of amides is 1. The largest absolute Gasteiger partial charge is 0.465 e. The number of esters is 1. The first-order chi connectivity index (χ1) is 13.1. The molecule has 1 atom stereocenters. The zero-order valence-corrected chi connectivity index (χ0v) is 16.4. The molecule has 1 aromatic heterocycles. The maximum atomic E-state index is 13.3. The molecule has 0 unspecified atom stereocenters. The molecule has 2 heterocycles. The van der Waals surface area contributed by atoms with Gasteiger partial charge in [0.25, 0.3) is 5.91 Å². The topological polar surface area (TPSA) is 59.0 Å². The summed E-state index contributed by atoms with van der Waals surface area (Å²) in [6, 6.07) is 9.76. The second kappa shape index (κ2) is 9.14. The van der Waals surface area contributed by atoms with Gasteiger partial charge >= 0.3 is 5.97 Å². The van der Waals surface area contributed by atoms with E-state index in [9.17, 15) is 14.0 Å². The van der Waals surface area contributed by atoms with Crippen LogP contribution in [-0.2, 0) is 14.3 Å². The van der Waals surface area contributed by atoms with Gasteiger partial charge in [-0.25, -0.2) is 9.40 Å². The number of carbonyl (C=O) groups excluding carboxylic acids is 2. The van der Waals surface area contributed by atoms with Crippen molar-refractivity contribution in [1.29, 1.82) is 0 Å². The molecule has 0 radical (unpaired) electrons. The monoisotopic (exact) mass is 406 g/mol. The van der Waals surface area contributed by atoms with E-state index >= 15 is 0 Å². The number of halogens is 1. The van der Waals surface area contributed by atoms with Crippen LogP contribution in [-0.4, -0.2) is 40.7 Å². The fraction of sp³-hybridized carbons (Fsp3) is 0.316. The van der Waals surface area contributed by atoms with Crippen LogP contribution in [0.5, 0.6) is 0 Å². The summed E-state index contributed by atoms with van der Waals surface area (Å²) >= 11 is 2.77. The zero-order chi connectivity index (χ0) is 19.2. The highest BCUT2D eigenvalue weighted by molar-refractivity contribution is 8.00. The van der Waals surface area contributed by atoms with Crippen LogP contribution in [0, 0.1) is 5.82 Å². The van der Waals surface area contributed by atoms with Gasteiger partial charge in [0.05, 0.1) is 34.7 Å². The molecule has 1 aliphatic rings. The summed E-state index contributed by atoms with van der Waals surface area (Å²) in [6.07, 6.45) is 0.570. The fourth-order valence-electron chi connectivity index (χ4n) is 2.77. The number of benzene rings is 1. The second-order valence-corrected chi connectivity index (χ2v) is 7.76. The van der Waals surface area contributed by atoms with Crippen molar-refractivity contribution >= 4 is 40.7 Å². The van der Waals surface area contributed by atoms with Gasteiger partial charge in [-0.1, -0.05) is 18.2 Å². The average Bonchev–Trinajstić information content (AvgIpc) is 3.32. The molecule has 0 saturated carbocycles. The number of hydrogen-bond acceptors (Lipinski definition) is 6. The van der Waals surface area contributed by atoms with E-state index in [1.165, 1.54) is 28.9 Å². The SMILES string of the molecule is CCOC(=O)CSCC(=O)N1N=C(c2cccs2)C[C@H]1c1ccc(F)cc1. The minimum Gasteiger partial charge on any atom is -0.465 e. The molecule has 27 heavy (non-hydrogen) atoms. The van der Waals surface area contributed by atoms with E-state index in [1.807, 2.05) is 17.5 Å². The van der Waals surface area contributed by atoms with Crippen LogP contribution in [0.4, 0.5) is 4.39 Å². The lowest BCUT2D eigenvalue weighted by molar-refractivity contribution is -0.139. The predicted octanol–water partition coefficient (Wildman–Crippen LogP) is 3.86. The Morgan fingerprint density at radius 1 is 1.30 bits per heavy atom. The number of nitrogens with zero attached hydrogens (tertiary/aromatic N) is 2. The molecule has 0 N–H and O–H groups in total. The molecule has 0 saturated heterocycles. The third kappa shape index (κ3) is 4.95. The summed E-state index contributed by atoms with van der Waals surface area (Å²) in [6.45, 7) is 2.06. The molecule has 0 fully saturated rings. The van der Waals surface area contributed by atoms with E-state index < -0.39 is 0 Å². The van der Waals surface area contributed by atoms with Gasteiger partial charge in [-0.2, -0.15) is 5.10 Å². The molecule has 142 valence electrons. The van der Waals surface area contributed by atoms with E-state index in [0.29, 0.717) is 13.0 Å². The van der Waals surface area contributed by atoms with Gasteiger partial charge < -0.3 is 4.74 Å². The van der Waals surface area contributed by atoms with Crippen molar-refractivity contribution in [3.05, 3.63) is 58.0 Å². The Morgan fingerprint density at radius 3 is 2.74 bits per heavy atom. The Balaban J connectivity index is 1.73. The maximum Gasteiger partial charge on any atom is 0.315 e. The second-order valence-electron chi connectivity index (χ2n) is 5.83. The van der Waals surface area contributed by atoms with Crippen LogP contribution in [0.25, 0.3) is 0 Å². The normalized spacial score (nSPS) is 16.3. The van der Waals surface area contributed by atoms with Gasteiger partial charge in [0.1, 0.15) is 5.82 Å². The lowest BCUT2D eigenvalue weighted by Crippen LogP contribution is -2.29. The van der Waals surface area contributed by atoms with E-state index in [0.717, 1.165) is 16.2 Å². The maximum absolute atomic E-state index is 13.3. The summed E-state index contributed by atoms with van der Waals surface area (Å²) in [5.41, 5.74) is 1.67. The summed E-state index contributed by atoms with van der Waals surface area (Å²) in [5.74, 6) is -0.604. The van der Waals surface area contributed by atoms with Crippen molar-refractivity contribution in [1.82, 2.24) is 5.01 Å². The van der Waals surface area contributed by atoms with Crippen molar-refractivity contribution in [2.24, 2.45) is 5.10 Å². The van der Waals surface area contributed by atoms with Crippen molar-refractivity contribution < 1.29 is 18.7 Å². The number of hydrogen-bond donors (Lipinski definition) is 0. The first-order valence-electron chi connectivity index (χ1n) is 8.50. The molecule has 2 aromatic rings. The van der Waals surface area contributed by atoms with Crippen LogP contribution in [0.15, 0.2) is 46.9 Å². The third-order valence-corrected chi connectivity index (χ3v) is 5.79. The van der Waals surface area contributed by atoms with Crippen molar-refractivity contribution in [2.75, 3.05) is 18.1 Å². The number of thioether (sulfide) groups is 1. The summed E-state index contributed by atoms with van der Waals surface area (Å²) in [5, 5.41) is 7.95. The zero-order valence-electron chi connectivity index (χ0n) is 14.8. The van der Waals surface area contributed by atoms with E-state index in [2.05, 4.69) is 5.10 Å². The van der Waals surface area contributed by atoms with Crippen molar-refractivity contribution in [3.63, 3.8) is 0 Å². The Kier molecular flexibility index (Phi) is 6.63. The highest BCUT2D eigenvalue weighted by Crippen LogP contribution is 2.34. The number of thiophene rings is 1. The molecule has 0 spiro atoms. The smallest absolute Gasteiger partial charge is 0.315 e. The van der Waals surface area contributed by atoms with Crippen LogP contribution < -0.4 is 0 Å². The lowest BCUT2D eigenvalue weighted by atomic mass is 10.0. The highest BCUT2D eigenvalue weighted by Gasteiger charge is 2.33. The van der Waals surface area contributed by atoms with E-state index in [-0.39, 0.29) is 35.2 Å². The molecule has 8 heteroatoms. The molecule has 3 rings (SSSR count). The average molecular weight is 407 g/mol. The Morgan fingerprint density at radius 2 is 2.07 bits per heavy atom. The predicted molar refractivity (Wildman–Crippen MR) is 105 cm³/mol.